The summed E-state index contributed by atoms with van der Waals surface area (Å²) in [5, 5.41) is 4.00. The van der Waals surface area contributed by atoms with Gasteiger partial charge in [-0.05, 0) is 25.7 Å². The highest BCUT2D eigenvalue weighted by molar-refractivity contribution is 7.86. The first-order chi connectivity index (χ1) is 10.9. The number of piperazine rings is 1. The van der Waals surface area contributed by atoms with E-state index in [1.165, 1.54) is 0 Å². The molecule has 0 atom stereocenters. The second-order valence-electron chi connectivity index (χ2n) is 6.69. The van der Waals surface area contributed by atoms with Gasteiger partial charge in [0.2, 0.25) is 0 Å². The number of rotatable bonds is 4. The van der Waals surface area contributed by atoms with Gasteiger partial charge in [0.05, 0.1) is 5.69 Å². The SMILES string of the molecule is Cc1cc(CN2CCN(S(=O)(=O)N3CCC(C)CC3)CC2)no1. The van der Waals surface area contributed by atoms with Gasteiger partial charge in [0.15, 0.2) is 0 Å². The van der Waals surface area contributed by atoms with Crippen LogP contribution in [-0.4, -0.2) is 66.4 Å². The van der Waals surface area contributed by atoms with Crippen molar-refractivity contribution >= 4 is 10.2 Å². The van der Waals surface area contributed by atoms with Crippen LogP contribution in [0.2, 0.25) is 0 Å². The molecular weight excluding hydrogens is 316 g/mol. The highest BCUT2D eigenvalue weighted by atomic mass is 32.2. The van der Waals surface area contributed by atoms with Crippen molar-refractivity contribution in [2.45, 2.75) is 33.2 Å². The fourth-order valence-corrected chi connectivity index (χ4v) is 4.84. The molecule has 1 aromatic heterocycles. The molecule has 0 aromatic carbocycles. The molecule has 23 heavy (non-hydrogen) atoms. The number of aromatic nitrogens is 1. The zero-order valence-corrected chi connectivity index (χ0v) is 14.8. The van der Waals surface area contributed by atoms with Crippen LogP contribution in [0, 0.1) is 12.8 Å². The Kier molecular flexibility index (Phi) is 5.05. The fraction of sp³-hybridized carbons (Fsp3) is 0.800. The maximum absolute atomic E-state index is 12.7. The summed E-state index contributed by atoms with van der Waals surface area (Å²) in [6, 6.07) is 1.93. The number of hydrogen-bond acceptors (Lipinski definition) is 5. The number of nitrogens with zero attached hydrogens (tertiary/aromatic N) is 4. The van der Waals surface area contributed by atoms with Crippen LogP contribution < -0.4 is 0 Å². The molecule has 0 amide bonds. The van der Waals surface area contributed by atoms with Crippen molar-refractivity contribution in [3.8, 4) is 0 Å². The van der Waals surface area contributed by atoms with Crippen LogP contribution >= 0.6 is 0 Å². The summed E-state index contributed by atoms with van der Waals surface area (Å²) in [7, 11) is -3.29. The molecule has 0 radical (unpaired) electrons. The van der Waals surface area contributed by atoms with E-state index in [4.69, 9.17) is 4.52 Å². The largest absolute Gasteiger partial charge is 0.361 e. The van der Waals surface area contributed by atoms with Crippen molar-refractivity contribution in [1.82, 2.24) is 18.7 Å². The van der Waals surface area contributed by atoms with Crippen molar-refractivity contribution in [3.63, 3.8) is 0 Å². The molecule has 130 valence electrons. The summed E-state index contributed by atoms with van der Waals surface area (Å²) in [6.07, 6.45) is 1.93. The summed E-state index contributed by atoms with van der Waals surface area (Å²) in [6.45, 7) is 8.65. The average molecular weight is 342 g/mol. The summed E-state index contributed by atoms with van der Waals surface area (Å²) in [5.41, 5.74) is 0.906. The summed E-state index contributed by atoms with van der Waals surface area (Å²) >= 11 is 0. The zero-order chi connectivity index (χ0) is 16.4. The van der Waals surface area contributed by atoms with Crippen LogP contribution in [0.5, 0.6) is 0 Å². The number of hydrogen-bond donors (Lipinski definition) is 0. The van der Waals surface area contributed by atoms with Crippen LogP contribution in [0.1, 0.15) is 31.2 Å². The Morgan fingerprint density at radius 1 is 1.13 bits per heavy atom. The smallest absolute Gasteiger partial charge is 0.282 e. The van der Waals surface area contributed by atoms with Crippen LogP contribution in [0.3, 0.4) is 0 Å². The Morgan fingerprint density at radius 3 is 2.30 bits per heavy atom. The monoisotopic (exact) mass is 342 g/mol. The van der Waals surface area contributed by atoms with Gasteiger partial charge in [-0.2, -0.15) is 17.0 Å². The Morgan fingerprint density at radius 2 is 1.74 bits per heavy atom. The molecule has 2 aliphatic heterocycles. The van der Waals surface area contributed by atoms with E-state index in [1.807, 2.05) is 13.0 Å². The van der Waals surface area contributed by atoms with Gasteiger partial charge in [-0.15, -0.1) is 0 Å². The predicted molar refractivity (Wildman–Crippen MR) is 87.0 cm³/mol. The lowest BCUT2D eigenvalue weighted by Crippen LogP contribution is -2.54. The van der Waals surface area contributed by atoms with Crippen LogP contribution in [0.15, 0.2) is 10.6 Å². The van der Waals surface area contributed by atoms with Crippen molar-refractivity contribution in [2.24, 2.45) is 5.92 Å². The Bertz CT molecular complexity index is 614. The zero-order valence-electron chi connectivity index (χ0n) is 13.9. The van der Waals surface area contributed by atoms with E-state index in [0.717, 1.165) is 37.4 Å². The van der Waals surface area contributed by atoms with Gasteiger partial charge in [0.25, 0.3) is 10.2 Å². The molecule has 2 fully saturated rings. The van der Waals surface area contributed by atoms with Gasteiger partial charge >= 0.3 is 0 Å². The van der Waals surface area contributed by atoms with E-state index < -0.39 is 10.2 Å². The molecule has 0 unspecified atom stereocenters. The Labute approximate surface area is 138 Å². The molecule has 7 nitrogen and oxygen atoms in total. The second-order valence-corrected chi connectivity index (χ2v) is 8.62. The van der Waals surface area contributed by atoms with Crippen LogP contribution in [0.25, 0.3) is 0 Å². The molecule has 0 bridgehead atoms. The quantitative estimate of drug-likeness (QED) is 0.819. The van der Waals surface area contributed by atoms with E-state index in [1.54, 1.807) is 8.61 Å². The normalized spacial score (nSPS) is 23.4. The highest BCUT2D eigenvalue weighted by Gasteiger charge is 2.34. The molecule has 0 aliphatic carbocycles. The van der Waals surface area contributed by atoms with Crippen molar-refractivity contribution < 1.29 is 12.9 Å². The van der Waals surface area contributed by atoms with E-state index in [0.29, 0.717) is 38.6 Å². The molecule has 3 rings (SSSR count). The number of aryl methyl sites for hydroxylation is 1. The maximum Gasteiger partial charge on any atom is 0.282 e. The number of piperidine rings is 1. The van der Waals surface area contributed by atoms with Crippen LogP contribution in [-0.2, 0) is 16.8 Å². The van der Waals surface area contributed by atoms with E-state index in [2.05, 4.69) is 17.0 Å². The maximum atomic E-state index is 12.7. The topological polar surface area (TPSA) is 69.9 Å². The molecule has 1 aromatic rings. The summed E-state index contributed by atoms with van der Waals surface area (Å²) in [4.78, 5) is 2.22. The minimum absolute atomic E-state index is 0.547. The van der Waals surface area contributed by atoms with E-state index >= 15 is 0 Å². The molecule has 8 heteroatoms. The second kappa shape index (κ2) is 6.88. The van der Waals surface area contributed by atoms with Crippen molar-refractivity contribution in [2.75, 3.05) is 39.3 Å². The summed E-state index contributed by atoms with van der Waals surface area (Å²) in [5.74, 6) is 1.43. The molecule has 0 N–H and O–H groups in total. The van der Waals surface area contributed by atoms with Gasteiger partial charge in [0, 0.05) is 51.9 Å². The minimum Gasteiger partial charge on any atom is -0.361 e. The van der Waals surface area contributed by atoms with Crippen molar-refractivity contribution in [1.29, 1.82) is 0 Å². The lowest BCUT2D eigenvalue weighted by molar-refractivity contribution is 0.167. The van der Waals surface area contributed by atoms with E-state index in [9.17, 15) is 8.42 Å². The molecule has 0 spiro atoms. The summed E-state index contributed by atoms with van der Waals surface area (Å²) < 4.78 is 33.8. The first-order valence-electron chi connectivity index (χ1n) is 8.35. The minimum atomic E-state index is -3.29. The van der Waals surface area contributed by atoms with Gasteiger partial charge in [-0.25, -0.2) is 0 Å². The molecule has 0 saturated carbocycles. The molecule has 2 aliphatic rings. The van der Waals surface area contributed by atoms with Gasteiger partial charge in [-0.1, -0.05) is 12.1 Å². The molecular formula is C15H26N4O3S. The lowest BCUT2D eigenvalue weighted by atomic mass is 10.0. The lowest BCUT2D eigenvalue weighted by Gasteiger charge is -2.38. The third-order valence-electron chi connectivity index (χ3n) is 4.79. The van der Waals surface area contributed by atoms with Gasteiger partial charge in [0.1, 0.15) is 5.76 Å². The third kappa shape index (κ3) is 3.93. The Balaban J connectivity index is 1.53. The fourth-order valence-electron chi connectivity index (χ4n) is 3.22. The molecule has 2 saturated heterocycles. The van der Waals surface area contributed by atoms with E-state index in [-0.39, 0.29) is 0 Å². The highest BCUT2D eigenvalue weighted by Crippen LogP contribution is 2.21. The first-order valence-corrected chi connectivity index (χ1v) is 9.74. The Hall–Kier alpha value is -0.960. The third-order valence-corrected chi connectivity index (χ3v) is 6.82. The predicted octanol–water partition coefficient (Wildman–Crippen LogP) is 1.08. The standard InChI is InChI=1S/C15H26N4O3S/c1-13-3-5-18(6-4-13)23(20,21)19-9-7-17(8-10-19)12-15-11-14(2)22-16-15/h11,13H,3-10,12H2,1-2H3. The molecule has 3 heterocycles. The first kappa shape index (κ1) is 16.9. The van der Waals surface area contributed by atoms with Crippen LogP contribution in [0.4, 0.5) is 0 Å². The van der Waals surface area contributed by atoms with Gasteiger partial charge in [-0.3, -0.25) is 4.90 Å². The average Bonchev–Trinajstić information content (AvgIpc) is 2.93. The van der Waals surface area contributed by atoms with Crippen molar-refractivity contribution in [3.05, 3.63) is 17.5 Å². The van der Waals surface area contributed by atoms with Gasteiger partial charge < -0.3 is 4.52 Å².